The predicted molar refractivity (Wildman–Crippen MR) is 113 cm³/mol. The van der Waals surface area contributed by atoms with E-state index in [9.17, 15) is 30.0 Å². The Bertz CT molecular complexity index is 819. The Hall–Kier alpha value is -2.38. The third-order valence-electron chi connectivity index (χ3n) is 5.81. The van der Waals surface area contributed by atoms with Crippen LogP contribution in [0.4, 0.5) is 0 Å². The summed E-state index contributed by atoms with van der Waals surface area (Å²) in [7, 11) is 0. The average molecular weight is 414 g/mol. The van der Waals surface area contributed by atoms with Gasteiger partial charge in [0.05, 0.1) is 12.2 Å². The van der Waals surface area contributed by atoms with Crippen LogP contribution in [0, 0.1) is 13.8 Å². The molecule has 162 valence electrons. The van der Waals surface area contributed by atoms with Crippen molar-refractivity contribution in [3.05, 3.63) is 70.8 Å². The van der Waals surface area contributed by atoms with E-state index in [0.717, 1.165) is 22.3 Å². The van der Waals surface area contributed by atoms with Gasteiger partial charge in [-0.2, -0.15) is 0 Å². The first-order valence-corrected chi connectivity index (χ1v) is 9.99. The van der Waals surface area contributed by atoms with Crippen molar-refractivity contribution in [2.45, 2.75) is 63.9 Å². The Balaban J connectivity index is 2.12. The molecule has 4 unspecified atom stereocenters. The molecule has 0 aliphatic carbocycles. The van der Waals surface area contributed by atoms with Crippen molar-refractivity contribution < 1.29 is 30.0 Å². The number of hydrogen-bond donors (Lipinski definition) is 4. The van der Waals surface area contributed by atoms with Crippen molar-refractivity contribution in [1.82, 2.24) is 0 Å². The summed E-state index contributed by atoms with van der Waals surface area (Å²) < 4.78 is 0. The minimum atomic E-state index is -2.01. The fraction of sp³-hybridized carbons (Fsp3) is 0.417. The minimum absolute atomic E-state index is 0.620. The second-order valence-corrected chi connectivity index (χ2v) is 7.89. The van der Waals surface area contributed by atoms with Gasteiger partial charge in [0.25, 0.3) is 0 Å². The van der Waals surface area contributed by atoms with Crippen LogP contribution in [-0.2, 0) is 9.59 Å². The highest BCUT2D eigenvalue weighted by Gasteiger charge is 2.40. The maximum Gasteiger partial charge on any atom is 0.232 e. The zero-order valence-corrected chi connectivity index (χ0v) is 17.7. The molecule has 0 saturated carbocycles. The SMILES string of the molecule is Cc1ccccc1C(C)C(O)[C@H](O)C(=O)C(=O)[C@H](O)C(O)C(C)c1ccccc1C. The highest BCUT2D eigenvalue weighted by Crippen LogP contribution is 2.27. The maximum absolute atomic E-state index is 12.4. The quantitative estimate of drug-likeness (QED) is 0.465. The lowest BCUT2D eigenvalue weighted by molar-refractivity contribution is -0.153. The summed E-state index contributed by atoms with van der Waals surface area (Å²) >= 11 is 0. The van der Waals surface area contributed by atoms with E-state index in [1.54, 1.807) is 38.1 Å². The number of rotatable bonds is 9. The molecule has 6 heteroatoms. The molecule has 0 aliphatic heterocycles. The number of aliphatic hydroxyl groups is 4. The summed E-state index contributed by atoms with van der Waals surface area (Å²) in [4.78, 5) is 24.9. The molecule has 0 bridgehead atoms. The molecule has 4 N–H and O–H groups in total. The van der Waals surface area contributed by atoms with E-state index in [1.807, 2.05) is 38.1 Å². The molecule has 0 spiro atoms. The maximum atomic E-state index is 12.4. The lowest BCUT2D eigenvalue weighted by atomic mass is 9.84. The zero-order chi connectivity index (χ0) is 22.6. The number of benzene rings is 2. The lowest BCUT2D eigenvalue weighted by Gasteiger charge is -2.27. The van der Waals surface area contributed by atoms with Crippen molar-refractivity contribution in [3.8, 4) is 0 Å². The number of ketones is 2. The van der Waals surface area contributed by atoms with Crippen LogP contribution in [0.25, 0.3) is 0 Å². The summed E-state index contributed by atoms with van der Waals surface area (Å²) in [5, 5.41) is 41.5. The van der Waals surface area contributed by atoms with Crippen LogP contribution in [0.5, 0.6) is 0 Å². The molecule has 6 nitrogen and oxygen atoms in total. The lowest BCUT2D eigenvalue weighted by Crippen LogP contribution is -2.48. The Morgan fingerprint density at radius 3 is 1.23 bits per heavy atom. The largest absolute Gasteiger partial charge is 0.389 e. The van der Waals surface area contributed by atoms with Crippen molar-refractivity contribution in [3.63, 3.8) is 0 Å². The van der Waals surface area contributed by atoms with Gasteiger partial charge in [-0.25, -0.2) is 0 Å². The summed E-state index contributed by atoms with van der Waals surface area (Å²) in [5.74, 6) is -3.89. The predicted octanol–water partition coefficient (Wildman–Crippen LogP) is 1.79. The van der Waals surface area contributed by atoms with Crippen LogP contribution in [-0.4, -0.2) is 56.4 Å². The number of Topliss-reactive ketones (excluding diaryl/α,β-unsaturated/α-hetero) is 2. The second kappa shape index (κ2) is 10.1. The van der Waals surface area contributed by atoms with E-state index in [4.69, 9.17) is 0 Å². The molecule has 0 fully saturated rings. The van der Waals surface area contributed by atoms with Crippen molar-refractivity contribution in [2.24, 2.45) is 0 Å². The zero-order valence-electron chi connectivity index (χ0n) is 17.7. The fourth-order valence-electron chi connectivity index (χ4n) is 3.71. The number of aryl methyl sites for hydroxylation is 2. The topological polar surface area (TPSA) is 115 Å². The Morgan fingerprint density at radius 1 is 0.633 bits per heavy atom. The molecule has 0 radical (unpaired) electrons. The van der Waals surface area contributed by atoms with E-state index in [-0.39, 0.29) is 0 Å². The van der Waals surface area contributed by atoms with Crippen molar-refractivity contribution in [1.29, 1.82) is 0 Å². The Morgan fingerprint density at radius 2 is 0.933 bits per heavy atom. The summed E-state index contributed by atoms with van der Waals surface area (Å²) in [6, 6.07) is 14.4. The number of carbonyl (C=O) groups excluding carboxylic acids is 2. The third kappa shape index (κ3) is 5.02. The molecule has 2 aromatic carbocycles. The molecule has 30 heavy (non-hydrogen) atoms. The monoisotopic (exact) mass is 414 g/mol. The van der Waals surface area contributed by atoms with Gasteiger partial charge in [-0.1, -0.05) is 62.4 Å². The molecular weight excluding hydrogens is 384 g/mol. The van der Waals surface area contributed by atoms with Crippen LogP contribution in [0.1, 0.15) is 47.9 Å². The molecule has 0 saturated heterocycles. The summed E-state index contributed by atoms with van der Waals surface area (Å²) in [6.07, 6.45) is -7.10. The summed E-state index contributed by atoms with van der Waals surface area (Å²) in [5.41, 5.74) is 3.21. The van der Waals surface area contributed by atoms with Gasteiger partial charge in [-0.05, 0) is 36.1 Å². The number of carbonyl (C=O) groups is 2. The molecule has 0 aliphatic rings. The van der Waals surface area contributed by atoms with Gasteiger partial charge in [0.15, 0.2) is 0 Å². The molecule has 0 heterocycles. The Kier molecular flexibility index (Phi) is 8.03. The van der Waals surface area contributed by atoms with Gasteiger partial charge >= 0.3 is 0 Å². The van der Waals surface area contributed by atoms with Gasteiger partial charge < -0.3 is 20.4 Å². The molecule has 2 aromatic rings. The summed E-state index contributed by atoms with van der Waals surface area (Å²) in [6.45, 7) is 6.95. The van der Waals surface area contributed by atoms with Gasteiger partial charge in [-0.15, -0.1) is 0 Å². The van der Waals surface area contributed by atoms with Gasteiger partial charge in [-0.3, -0.25) is 9.59 Å². The first kappa shape index (κ1) is 23.9. The highest BCUT2D eigenvalue weighted by atomic mass is 16.3. The Labute approximate surface area is 176 Å². The van der Waals surface area contributed by atoms with Gasteiger partial charge in [0.1, 0.15) is 12.2 Å². The van der Waals surface area contributed by atoms with Crippen molar-refractivity contribution in [2.75, 3.05) is 0 Å². The number of aliphatic hydroxyl groups excluding tert-OH is 4. The molecule has 2 rings (SSSR count). The number of hydrogen-bond acceptors (Lipinski definition) is 6. The first-order valence-electron chi connectivity index (χ1n) is 9.99. The second-order valence-electron chi connectivity index (χ2n) is 7.89. The average Bonchev–Trinajstić information content (AvgIpc) is 2.75. The van der Waals surface area contributed by atoms with Crippen LogP contribution >= 0.6 is 0 Å². The fourth-order valence-corrected chi connectivity index (χ4v) is 3.71. The molecule has 0 aromatic heterocycles. The van der Waals surface area contributed by atoms with Crippen molar-refractivity contribution >= 4 is 11.6 Å². The first-order chi connectivity index (χ1) is 14.1. The minimum Gasteiger partial charge on any atom is -0.389 e. The van der Waals surface area contributed by atoms with Crippen LogP contribution < -0.4 is 0 Å². The molecule has 6 atom stereocenters. The normalized spacial score (nSPS) is 17.5. The van der Waals surface area contributed by atoms with Gasteiger partial charge in [0, 0.05) is 11.8 Å². The van der Waals surface area contributed by atoms with E-state index in [2.05, 4.69) is 0 Å². The van der Waals surface area contributed by atoms with E-state index >= 15 is 0 Å². The smallest absolute Gasteiger partial charge is 0.232 e. The van der Waals surface area contributed by atoms with E-state index in [0.29, 0.717) is 0 Å². The van der Waals surface area contributed by atoms with E-state index in [1.165, 1.54) is 0 Å². The molecule has 0 amide bonds. The van der Waals surface area contributed by atoms with Crippen LogP contribution in [0.15, 0.2) is 48.5 Å². The van der Waals surface area contributed by atoms with Crippen LogP contribution in [0.2, 0.25) is 0 Å². The molecular formula is C24H30O6. The van der Waals surface area contributed by atoms with Crippen LogP contribution in [0.3, 0.4) is 0 Å². The van der Waals surface area contributed by atoms with Gasteiger partial charge in [0.2, 0.25) is 11.6 Å². The standard InChI is InChI=1S/C24H30O6/c1-13-9-5-7-11-17(13)15(3)19(25)21(27)23(29)24(30)22(28)20(26)16(4)18-12-8-6-10-14(18)2/h5-12,15-16,19-22,25-28H,1-4H3/t15?,16?,19?,20?,21-,22+. The highest BCUT2D eigenvalue weighted by molar-refractivity contribution is 6.40. The van der Waals surface area contributed by atoms with E-state index < -0.39 is 47.8 Å². The third-order valence-corrected chi connectivity index (χ3v) is 5.81.